The number of halogens is 6. The molecule has 4 aromatic carbocycles. The molecule has 4 N–H and O–H groups in total. The summed E-state index contributed by atoms with van der Waals surface area (Å²) >= 11 is 1.97. The molecular weight excluding hydrogens is 1480 g/mol. The van der Waals surface area contributed by atoms with Crippen LogP contribution in [0.1, 0.15) is 69.6 Å². The second-order valence-corrected chi connectivity index (χ2v) is 17.0. The normalized spacial score (nSPS) is 11.2. The molecule has 0 aliphatic heterocycles. The van der Waals surface area contributed by atoms with E-state index >= 15 is 0 Å². The molecule has 2 radical (unpaired) electrons. The zero-order valence-electron chi connectivity index (χ0n) is 45.6. The van der Waals surface area contributed by atoms with Crippen molar-refractivity contribution in [3.05, 3.63) is 212 Å². The van der Waals surface area contributed by atoms with Crippen molar-refractivity contribution in [1.29, 1.82) is 0 Å². The number of allylic oxidation sites excluding steroid dienone is 4. The minimum absolute atomic E-state index is 0. The third-order valence-corrected chi connectivity index (χ3v) is 10.5. The van der Waals surface area contributed by atoms with Gasteiger partial charge in [-0.05, 0) is 108 Å². The Labute approximate surface area is 559 Å². The predicted octanol–water partition coefficient (Wildman–Crippen LogP) is 6.37. The van der Waals surface area contributed by atoms with Crippen LogP contribution in [0.3, 0.4) is 0 Å². The van der Waals surface area contributed by atoms with Gasteiger partial charge in [-0.2, -0.15) is 46.7 Å². The van der Waals surface area contributed by atoms with Crippen molar-refractivity contribution in [2.45, 2.75) is 40.0 Å². The zero-order chi connectivity index (χ0) is 63.1. The molecule has 28 heteroatoms. The summed E-state index contributed by atoms with van der Waals surface area (Å²) in [5, 5.41) is 117. The van der Waals surface area contributed by atoms with Crippen molar-refractivity contribution in [2.75, 3.05) is 26.4 Å². The van der Waals surface area contributed by atoms with Gasteiger partial charge in [-0.25, -0.2) is 9.97 Å². The van der Waals surface area contributed by atoms with E-state index in [1.54, 1.807) is 123 Å². The smallest absolute Gasteiger partial charge is 0.871 e. The van der Waals surface area contributed by atoms with Crippen molar-refractivity contribution >= 4 is 80.3 Å². The van der Waals surface area contributed by atoms with Gasteiger partial charge < -0.3 is 51.1 Å². The quantitative estimate of drug-likeness (QED) is 0.0220. The maximum Gasteiger partial charge on any atom is 3.00 e. The van der Waals surface area contributed by atoms with Crippen LogP contribution in [-0.2, 0) is 0 Å². The van der Waals surface area contributed by atoms with Crippen LogP contribution in [0, 0.1) is 76.3 Å². The Kier molecular flexibility index (Phi) is 43.2. The number of thiophene rings is 2. The molecule has 4 heterocycles. The second kappa shape index (κ2) is 45.6. The van der Waals surface area contributed by atoms with Gasteiger partial charge in [0.1, 0.15) is 0 Å². The first-order valence-corrected chi connectivity index (χ1v) is 26.0. The maximum atomic E-state index is 11.8. The van der Waals surface area contributed by atoms with Crippen molar-refractivity contribution in [3.63, 3.8) is 0 Å². The van der Waals surface area contributed by atoms with Gasteiger partial charge in [0.15, 0.2) is 11.6 Å². The summed E-state index contributed by atoms with van der Waals surface area (Å²) in [7, 11) is 0. The van der Waals surface area contributed by atoms with Crippen molar-refractivity contribution in [1.82, 2.24) is 9.97 Å². The molecule has 0 fully saturated rings. The summed E-state index contributed by atoms with van der Waals surface area (Å²) < 4.78 is 70.3. The molecule has 0 amide bonds. The van der Waals surface area contributed by atoms with E-state index in [0.29, 0.717) is 33.5 Å². The topological polar surface area (TPSA) is 329 Å². The number of nitrogens with zero attached hydrogens (tertiary/aromatic N) is 6. The molecule has 18 nitrogen and oxygen atoms in total. The molecule has 0 saturated carbocycles. The fourth-order valence-corrected chi connectivity index (χ4v) is 6.63. The maximum absolute atomic E-state index is 11.8. The summed E-state index contributed by atoms with van der Waals surface area (Å²) in [4.78, 5) is 30.6. The van der Waals surface area contributed by atoms with Crippen molar-refractivity contribution in [3.8, 4) is 11.5 Å². The molecule has 4 aromatic heterocycles. The molecule has 462 valence electrons. The Bertz CT molecular complexity index is 3150. The monoisotopic (exact) mass is 1530 g/mol. The van der Waals surface area contributed by atoms with E-state index in [1.165, 1.54) is 48.8 Å². The molecule has 0 aliphatic carbocycles. The Morgan fingerprint density at radius 2 is 0.791 bits per heavy atom. The number of para-hydroxylation sites is 2. The van der Waals surface area contributed by atoms with E-state index in [4.69, 9.17) is 20.4 Å². The van der Waals surface area contributed by atoms with Crippen molar-refractivity contribution in [2.24, 2.45) is 20.4 Å². The van der Waals surface area contributed by atoms with E-state index in [2.05, 4.69) is 30.4 Å². The van der Waals surface area contributed by atoms with E-state index in [0.717, 1.165) is 33.4 Å². The van der Waals surface area contributed by atoms with Crippen LogP contribution in [0.25, 0.3) is 21.8 Å². The average molecular weight is 1530 g/mol. The number of aliphatic hydroxyl groups is 4. The summed E-state index contributed by atoms with van der Waals surface area (Å²) in [5.41, 5.74) is 2.63. The fourth-order valence-electron chi connectivity index (χ4n) is 5.35. The van der Waals surface area contributed by atoms with E-state index in [-0.39, 0.29) is 136 Å². The number of rotatable bonds is 10. The Hall–Kier alpha value is -6.63. The number of benzene rings is 4. The first-order valence-electron chi connectivity index (χ1n) is 24.3. The molecule has 0 atom stereocenters. The van der Waals surface area contributed by atoms with Gasteiger partial charge in [-0.1, -0.05) is 133 Å². The number of aromatic nitrogens is 2. The third kappa shape index (κ3) is 32.8. The molecule has 86 heavy (non-hydrogen) atoms. The van der Waals surface area contributed by atoms with Crippen LogP contribution in [0.4, 0.5) is 26.3 Å². The largest absolute Gasteiger partial charge is 3.00 e. The minimum atomic E-state index is -4.98. The first-order chi connectivity index (χ1) is 40.0. The van der Waals surface area contributed by atoms with Gasteiger partial charge >= 0.3 is 88.7 Å². The van der Waals surface area contributed by atoms with Gasteiger partial charge in [0.25, 0.3) is 0 Å². The summed E-state index contributed by atoms with van der Waals surface area (Å²) in [6, 6.07) is 40.0. The number of ketones is 2. The molecule has 8 rings (SSSR count). The molecule has 0 unspecified atom stereocenters. The molecule has 0 aliphatic rings. The van der Waals surface area contributed by atoms with Crippen molar-refractivity contribution < 1.29 is 163 Å². The average Bonchev–Trinajstić information content (AvgIpc) is 3.04. The Morgan fingerprint density at radius 3 is 1.07 bits per heavy atom. The van der Waals surface area contributed by atoms with Crippen LogP contribution >= 0.6 is 22.7 Å². The number of fused-ring (bicyclic) bond motifs is 2. The van der Waals surface area contributed by atoms with Crippen LogP contribution in [0.15, 0.2) is 200 Å². The summed E-state index contributed by atoms with van der Waals surface area (Å²) in [5.74, 6) is -7.24. The van der Waals surface area contributed by atoms with Crippen LogP contribution < -0.4 is 30.6 Å². The number of carbonyl (C=O) groups is 2. The molecule has 0 spiro atoms. The van der Waals surface area contributed by atoms with E-state index in [9.17, 15) is 66.6 Å². The molecule has 0 bridgehead atoms. The SMILES string of the molecule is CCO.CCO.CCO.CCO.O=C(/C=C(\[O-])C(F)(F)F)c1cccs1.O=C(/C=C(\[O-])C(F)(F)F)c1cccs1.[Dy+3].[Dy+3].[O-]/C(=N\N=C\c1ccc2cccc([O-])c2n1)c1ccccc1.[O-]/C(=N\N=C\c1ccc2cccc([O-])c2n1)c1ccccc1. The van der Waals surface area contributed by atoms with E-state index in [1.807, 2.05) is 24.3 Å². The summed E-state index contributed by atoms with van der Waals surface area (Å²) in [6.45, 7) is 7.72. The fraction of sp³-hybridized carbons (Fsp3) is 0.172. The predicted molar refractivity (Wildman–Crippen MR) is 300 cm³/mol. The Balaban J connectivity index is 0. The number of hydrogen-bond donors (Lipinski definition) is 4. The van der Waals surface area contributed by atoms with Crippen LogP contribution in [0.2, 0.25) is 0 Å². The number of hydrogen-bond acceptors (Lipinski definition) is 20. The molecule has 8 aromatic rings. The molecular formula is C58H54Dy2F6N6O12S2. The number of aliphatic hydroxyl groups excluding tert-OH is 4. The number of alkyl halides is 6. The summed E-state index contributed by atoms with van der Waals surface area (Å²) in [6.07, 6.45) is -7.13. The van der Waals surface area contributed by atoms with Crippen LogP contribution in [0.5, 0.6) is 11.5 Å². The number of pyridine rings is 2. The zero-order valence-corrected chi connectivity index (χ0v) is 51.3. The number of carbonyl (C=O) groups excluding carboxylic acids is 2. The Morgan fingerprint density at radius 1 is 0.477 bits per heavy atom. The third-order valence-electron chi connectivity index (χ3n) is 8.74. The van der Waals surface area contributed by atoms with Gasteiger partial charge in [0.2, 0.25) is 0 Å². The van der Waals surface area contributed by atoms with Gasteiger partial charge in [0, 0.05) is 38.2 Å². The first kappa shape index (κ1) is 81.4. The molecule has 0 saturated heterocycles. The van der Waals surface area contributed by atoms with Gasteiger partial charge in [-0.3, -0.25) is 9.59 Å². The van der Waals surface area contributed by atoms with Gasteiger partial charge in [0.05, 0.1) is 44.6 Å². The van der Waals surface area contributed by atoms with Gasteiger partial charge in [-0.15, -0.1) is 22.7 Å². The minimum Gasteiger partial charge on any atom is -0.871 e. The standard InChI is InChI=1S/2C17H13N3O2.2C8H5F3O2S.4C2H6O.2Dy/c2*21-15-8-4-7-12-9-10-14(19-16(12)15)11-18-20-17(22)13-5-2-1-3-6-13;2*9-8(10,11)7(13)4-5(12)6-2-1-3-14-6;4*1-2-3;;/h2*1-11,21H,(H,20,22);2*1-4,13H;4*3H,2H2,1H3;;/q;;;;;;;;2*+3/p-6/b2*18-11+;2*7-4-;;;;;;. The van der Waals surface area contributed by atoms with Crippen LogP contribution in [-0.4, -0.2) is 105 Å². The second-order valence-electron chi connectivity index (χ2n) is 15.1. The van der Waals surface area contributed by atoms with E-state index < -0.39 is 47.2 Å².